The van der Waals surface area contributed by atoms with Crippen LogP contribution in [0.5, 0.6) is 0 Å². The van der Waals surface area contributed by atoms with Gasteiger partial charge in [-0.25, -0.2) is 0 Å². The molecule has 2 heterocycles. The molecule has 0 aromatic heterocycles. The molecular weight excluding hydrogens is 280 g/mol. The number of nitrogens with zero attached hydrogens (tertiary/aromatic N) is 2. The van der Waals surface area contributed by atoms with Crippen molar-refractivity contribution in [1.29, 1.82) is 0 Å². The van der Waals surface area contributed by atoms with E-state index >= 15 is 0 Å². The van der Waals surface area contributed by atoms with Crippen LogP contribution in [-0.2, 0) is 14.3 Å². The van der Waals surface area contributed by atoms with Crippen molar-refractivity contribution in [3.8, 4) is 0 Å². The smallest absolute Gasteiger partial charge is 0.311 e. The summed E-state index contributed by atoms with van der Waals surface area (Å²) in [6.07, 6.45) is 4.03. The van der Waals surface area contributed by atoms with Crippen LogP contribution in [0.25, 0.3) is 0 Å². The minimum atomic E-state index is -0.348. The Kier molecular flexibility index (Phi) is 4.32. The lowest BCUT2D eigenvalue weighted by Crippen LogP contribution is -2.29. The van der Waals surface area contributed by atoms with E-state index in [9.17, 15) is 9.59 Å². The second kappa shape index (κ2) is 6.38. The fourth-order valence-corrected chi connectivity index (χ4v) is 3.28. The molecule has 1 atom stereocenters. The number of ether oxygens (including phenoxy) is 1. The molecule has 2 saturated heterocycles. The van der Waals surface area contributed by atoms with Crippen molar-refractivity contribution < 1.29 is 14.3 Å². The van der Waals surface area contributed by atoms with E-state index < -0.39 is 0 Å². The van der Waals surface area contributed by atoms with Gasteiger partial charge in [-0.1, -0.05) is 0 Å². The maximum absolute atomic E-state index is 12.1. The van der Waals surface area contributed by atoms with Crippen LogP contribution in [0, 0.1) is 5.92 Å². The zero-order valence-electron chi connectivity index (χ0n) is 13.0. The Morgan fingerprint density at radius 3 is 2.36 bits per heavy atom. The molecule has 2 aliphatic heterocycles. The van der Waals surface area contributed by atoms with Gasteiger partial charge < -0.3 is 14.5 Å². The minimum Gasteiger partial charge on any atom is -0.469 e. The summed E-state index contributed by atoms with van der Waals surface area (Å²) in [4.78, 5) is 27.8. The first-order valence-electron chi connectivity index (χ1n) is 7.92. The standard InChI is InChI=1S/C17H22N2O3/c1-22-17(21)13-11-16(20)19(12-13)15-7-5-14(6-8-15)18-9-3-2-4-10-18/h5-8,13H,2-4,9-12H2,1H3/t13-/m1/s1. The van der Waals surface area contributed by atoms with E-state index in [1.54, 1.807) is 4.90 Å². The molecular formula is C17H22N2O3. The van der Waals surface area contributed by atoms with Crippen LogP contribution in [0.4, 0.5) is 11.4 Å². The SMILES string of the molecule is COC(=O)[C@@H]1CC(=O)N(c2ccc(N3CCCCC3)cc2)C1. The molecule has 0 spiro atoms. The monoisotopic (exact) mass is 302 g/mol. The van der Waals surface area contributed by atoms with Crippen molar-refractivity contribution in [2.45, 2.75) is 25.7 Å². The Morgan fingerprint density at radius 1 is 1.09 bits per heavy atom. The molecule has 0 radical (unpaired) electrons. The van der Waals surface area contributed by atoms with Crippen molar-refractivity contribution in [1.82, 2.24) is 0 Å². The highest BCUT2D eigenvalue weighted by molar-refractivity contribution is 5.99. The molecule has 0 unspecified atom stereocenters. The number of carbonyl (C=O) groups is 2. The van der Waals surface area contributed by atoms with Crippen LogP contribution in [0.3, 0.4) is 0 Å². The molecule has 2 aliphatic rings. The van der Waals surface area contributed by atoms with Gasteiger partial charge in [-0.15, -0.1) is 0 Å². The summed E-state index contributed by atoms with van der Waals surface area (Å²) in [5.41, 5.74) is 2.07. The van der Waals surface area contributed by atoms with Crippen LogP contribution in [0.1, 0.15) is 25.7 Å². The first-order chi connectivity index (χ1) is 10.7. The molecule has 5 nitrogen and oxygen atoms in total. The first kappa shape index (κ1) is 14.9. The van der Waals surface area contributed by atoms with Crippen LogP contribution in [0.15, 0.2) is 24.3 Å². The number of amides is 1. The van der Waals surface area contributed by atoms with Crippen molar-refractivity contribution in [2.75, 3.05) is 36.5 Å². The summed E-state index contributed by atoms with van der Waals surface area (Å²) < 4.78 is 4.74. The van der Waals surface area contributed by atoms with Gasteiger partial charge in [0.1, 0.15) is 0 Å². The van der Waals surface area contributed by atoms with Gasteiger partial charge in [0.2, 0.25) is 5.91 Å². The number of methoxy groups -OCH3 is 1. The summed E-state index contributed by atoms with van der Waals surface area (Å²) >= 11 is 0. The molecule has 22 heavy (non-hydrogen) atoms. The number of hydrogen-bond donors (Lipinski definition) is 0. The molecule has 0 saturated carbocycles. The molecule has 2 fully saturated rings. The Bertz CT molecular complexity index is 550. The lowest BCUT2D eigenvalue weighted by atomic mass is 10.1. The molecule has 0 bridgehead atoms. The summed E-state index contributed by atoms with van der Waals surface area (Å²) in [5, 5.41) is 0. The Hall–Kier alpha value is -2.04. The van der Waals surface area contributed by atoms with Gasteiger partial charge in [0.05, 0.1) is 13.0 Å². The average molecular weight is 302 g/mol. The van der Waals surface area contributed by atoms with Gasteiger partial charge in [0, 0.05) is 37.4 Å². The highest BCUT2D eigenvalue weighted by Crippen LogP contribution is 2.28. The fourth-order valence-electron chi connectivity index (χ4n) is 3.28. The van der Waals surface area contributed by atoms with Crippen molar-refractivity contribution in [3.63, 3.8) is 0 Å². The zero-order chi connectivity index (χ0) is 15.5. The van der Waals surface area contributed by atoms with Crippen molar-refractivity contribution in [3.05, 3.63) is 24.3 Å². The fraction of sp³-hybridized carbons (Fsp3) is 0.529. The lowest BCUT2D eigenvalue weighted by molar-refractivity contribution is -0.145. The van der Waals surface area contributed by atoms with E-state index in [4.69, 9.17) is 4.74 Å². The molecule has 1 aromatic rings. The summed E-state index contributed by atoms with van der Waals surface area (Å²) in [7, 11) is 1.36. The van der Waals surface area contributed by atoms with E-state index in [1.807, 2.05) is 12.1 Å². The van der Waals surface area contributed by atoms with Gasteiger partial charge in [-0.05, 0) is 43.5 Å². The number of benzene rings is 1. The third kappa shape index (κ3) is 2.93. The van der Waals surface area contributed by atoms with Crippen LogP contribution in [-0.4, -0.2) is 38.6 Å². The second-order valence-electron chi connectivity index (χ2n) is 5.99. The summed E-state index contributed by atoms with van der Waals surface area (Å²) in [6.45, 7) is 2.62. The van der Waals surface area contributed by atoms with Crippen molar-refractivity contribution >= 4 is 23.3 Å². The second-order valence-corrected chi connectivity index (χ2v) is 5.99. The number of anilines is 2. The number of carbonyl (C=O) groups excluding carboxylic acids is 2. The predicted molar refractivity (Wildman–Crippen MR) is 85.0 cm³/mol. The van der Waals surface area contributed by atoms with E-state index in [-0.39, 0.29) is 24.2 Å². The first-order valence-corrected chi connectivity index (χ1v) is 7.92. The predicted octanol–water partition coefficient (Wildman–Crippen LogP) is 2.20. The third-order valence-corrected chi connectivity index (χ3v) is 4.54. The van der Waals surface area contributed by atoms with Gasteiger partial charge in [-0.2, -0.15) is 0 Å². The maximum atomic E-state index is 12.1. The lowest BCUT2D eigenvalue weighted by Gasteiger charge is -2.29. The van der Waals surface area contributed by atoms with Gasteiger partial charge in [0.25, 0.3) is 0 Å². The van der Waals surface area contributed by atoms with Crippen LogP contribution >= 0.6 is 0 Å². The Balaban J connectivity index is 1.70. The van der Waals surface area contributed by atoms with Crippen molar-refractivity contribution in [2.24, 2.45) is 5.92 Å². The minimum absolute atomic E-state index is 0.0128. The number of piperidine rings is 1. The quantitative estimate of drug-likeness (QED) is 0.803. The number of esters is 1. The van der Waals surface area contributed by atoms with Crippen LogP contribution < -0.4 is 9.80 Å². The van der Waals surface area contributed by atoms with Gasteiger partial charge in [0.15, 0.2) is 0 Å². The summed E-state index contributed by atoms with van der Waals surface area (Å²) in [6, 6.07) is 8.09. The Morgan fingerprint density at radius 2 is 1.73 bits per heavy atom. The van der Waals surface area contributed by atoms with E-state index in [0.29, 0.717) is 6.54 Å². The van der Waals surface area contributed by atoms with Gasteiger partial charge >= 0.3 is 5.97 Å². The molecule has 1 amide bonds. The Labute approximate surface area is 130 Å². The normalized spacial score (nSPS) is 22.0. The maximum Gasteiger partial charge on any atom is 0.311 e. The number of hydrogen-bond acceptors (Lipinski definition) is 4. The van der Waals surface area contributed by atoms with E-state index in [1.165, 1.54) is 32.1 Å². The zero-order valence-corrected chi connectivity index (χ0v) is 13.0. The molecule has 0 N–H and O–H groups in total. The van der Waals surface area contributed by atoms with Crippen LogP contribution in [0.2, 0.25) is 0 Å². The molecule has 118 valence electrons. The molecule has 5 heteroatoms. The molecule has 3 rings (SSSR count). The highest BCUT2D eigenvalue weighted by atomic mass is 16.5. The number of rotatable bonds is 3. The average Bonchev–Trinajstić information content (AvgIpc) is 2.97. The third-order valence-electron chi connectivity index (χ3n) is 4.54. The highest BCUT2D eigenvalue weighted by Gasteiger charge is 2.35. The van der Waals surface area contributed by atoms with E-state index in [2.05, 4.69) is 17.0 Å². The topological polar surface area (TPSA) is 49.9 Å². The van der Waals surface area contributed by atoms with Gasteiger partial charge in [-0.3, -0.25) is 9.59 Å². The van der Waals surface area contributed by atoms with E-state index in [0.717, 1.165) is 18.8 Å². The largest absolute Gasteiger partial charge is 0.469 e. The summed E-state index contributed by atoms with van der Waals surface area (Å²) in [5.74, 6) is -0.666. The molecule has 0 aliphatic carbocycles. The molecule has 1 aromatic carbocycles.